The molecule has 1 saturated heterocycles. The number of rotatable bonds is 4. The molecule has 2 N–H and O–H groups in total. The van der Waals surface area contributed by atoms with E-state index in [1.807, 2.05) is 0 Å². The van der Waals surface area contributed by atoms with Gasteiger partial charge in [-0.1, -0.05) is 27.7 Å². The van der Waals surface area contributed by atoms with Crippen LogP contribution in [0.1, 0.15) is 34.1 Å². The maximum absolute atomic E-state index is 9.38. The van der Waals surface area contributed by atoms with Crippen LogP contribution >= 0.6 is 0 Å². The number of aliphatic hydroxyl groups is 1. The summed E-state index contributed by atoms with van der Waals surface area (Å²) >= 11 is 0. The molecule has 1 saturated carbocycles. The molecule has 0 aromatic carbocycles. The summed E-state index contributed by atoms with van der Waals surface area (Å²) in [4.78, 5) is 0. The summed E-state index contributed by atoms with van der Waals surface area (Å²) in [5, 5.41) is 13.0. The van der Waals surface area contributed by atoms with Crippen LogP contribution in [0, 0.1) is 17.3 Å². The molecular weight excluding hydrogens is 202 g/mol. The molecule has 0 aromatic heterocycles. The average molecular weight is 227 g/mol. The fraction of sp³-hybridized carbons (Fsp3) is 1.00. The van der Waals surface area contributed by atoms with Crippen LogP contribution in [0.2, 0.25) is 0 Å². The van der Waals surface area contributed by atoms with Crippen molar-refractivity contribution in [2.75, 3.05) is 13.2 Å². The molecule has 1 aliphatic heterocycles. The highest BCUT2D eigenvalue weighted by Crippen LogP contribution is 2.52. The van der Waals surface area contributed by atoms with Gasteiger partial charge in [0.05, 0.1) is 12.7 Å². The lowest BCUT2D eigenvalue weighted by molar-refractivity contribution is -0.118. The SMILES string of the molecule is CC(C)C(CO)NC1C2CCOC2C1(C)C. The quantitative estimate of drug-likeness (QED) is 0.763. The second-order valence-electron chi connectivity index (χ2n) is 6.24. The van der Waals surface area contributed by atoms with Gasteiger partial charge in [0.15, 0.2) is 0 Å². The zero-order chi connectivity index (χ0) is 11.9. The predicted molar refractivity (Wildman–Crippen MR) is 64.3 cm³/mol. The second kappa shape index (κ2) is 4.28. The van der Waals surface area contributed by atoms with E-state index in [2.05, 4.69) is 33.0 Å². The first kappa shape index (κ1) is 12.3. The third-order valence-corrected chi connectivity index (χ3v) is 4.50. The third-order valence-electron chi connectivity index (χ3n) is 4.50. The van der Waals surface area contributed by atoms with Crippen LogP contribution in [0.25, 0.3) is 0 Å². The highest BCUT2D eigenvalue weighted by molar-refractivity contribution is 5.11. The van der Waals surface area contributed by atoms with E-state index in [4.69, 9.17) is 4.74 Å². The molecule has 4 unspecified atom stereocenters. The summed E-state index contributed by atoms with van der Waals surface area (Å²) in [5.74, 6) is 1.13. The van der Waals surface area contributed by atoms with Crippen molar-refractivity contribution >= 4 is 0 Å². The smallest absolute Gasteiger partial charge is 0.0685 e. The standard InChI is InChI=1S/C13H25NO2/c1-8(2)10(7-15)14-11-9-5-6-16-12(9)13(11,3)4/h8-12,14-15H,5-7H2,1-4H3. The van der Waals surface area contributed by atoms with E-state index in [-0.39, 0.29) is 18.1 Å². The Kier molecular flexibility index (Phi) is 3.30. The minimum Gasteiger partial charge on any atom is -0.395 e. The van der Waals surface area contributed by atoms with Crippen molar-refractivity contribution in [3.05, 3.63) is 0 Å². The Morgan fingerprint density at radius 2 is 2.12 bits per heavy atom. The predicted octanol–water partition coefficient (Wildman–Crippen LogP) is 1.41. The number of hydrogen-bond donors (Lipinski definition) is 2. The average Bonchev–Trinajstić information content (AvgIpc) is 2.64. The van der Waals surface area contributed by atoms with E-state index in [1.54, 1.807) is 0 Å². The Hall–Kier alpha value is -0.120. The molecule has 0 aromatic rings. The molecule has 0 bridgehead atoms. The maximum Gasteiger partial charge on any atom is 0.0685 e. The summed E-state index contributed by atoms with van der Waals surface area (Å²) in [6.45, 7) is 9.98. The lowest BCUT2D eigenvalue weighted by Gasteiger charge is -2.56. The minimum atomic E-state index is 0.212. The summed E-state index contributed by atoms with van der Waals surface area (Å²) in [5.41, 5.74) is 0.212. The Bertz CT molecular complexity index is 252. The molecule has 0 spiro atoms. The van der Waals surface area contributed by atoms with Crippen LogP contribution in [0.5, 0.6) is 0 Å². The second-order valence-corrected chi connectivity index (χ2v) is 6.24. The molecule has 0 amide bonds. The number of nitrogens with one attached hydrogen (secondary N) is 1. The van der Waals surface area contributed by atoms with Crippen LogP contribution in [0.3, 0.4) is 0 Å². The van der Waals surface area contributed by atoms with Crippen molar-refractivity contribution in [1.82, 2.24) is 5.32 Å². The van der Waals surface area contributed by atoms with Crippen LogP contribution in [0.15, 0.2) is 0 Å². The molecule has 0 radical (unpaired) electrons. The van der Waals surface area contributed by atoms with Gasteiger partial charge >= 0.3 is 0 Å². The third kappa shape index (κ3) is 1.79. The summed E-state index contributed by atoms with van der Waals surface area (Å²) < 4.78 is 5.77. The molecule has 1 aliphatic carbocycles. The largest absolute Gasteiger partial charge is 0.395 e. The maximum atomic E-state index is 9.38. The summed E-state index contributed by atoms with van der Waals surface area (Å²) in [6, 6.07) is 0.713. The zero-order valence-electron chi connectivity index (χ0n) is 10.9. The molecule has 2 fully saturated rings. The van der Waals surface area contributed by atoms with Gasteiger partial charge in [0.1, 0.15) is 0 Å². The zero-order valence-corrected chi connectivity index (χ0v) is 10.9. The highest BCUT2D eigenvalue weighted by atomic mass is 16.5. The lowest BCUT2D eigenvalue weighted by atomic mass is 9.57. The highest BCUT2D eigenvalue weighted by Gasteiger charge is 2.59. The fourth-order valence-corrected chi connectivity index (χ4v) is 3.35. The summed E-state index contributed by atoms with van der Waals surface area (Å²) in [7, 11) is 0. The lowest BCUT2D eigenvalue weighted by Crippen LogP contribution is -2.68. The van der Waals surface area contributed by atoms with Crippen LogP contribution in [-0.4, -0.2) is 36.5 Å². The van der Waals surface area contributed by atoms with E-state index in [0.29, 0.717) is 24.0 Å². The van der Waals surface area contributed by atoms with Gasteiger partial charge in [-0.3, -0.25) is 0 Å². The Labute approximate surface area is 98.6 Å². The van der Waals surface area contributed by atoms with Crippen molar-refractivity contribution in [2.45, 2.75) is 52.3 Å². The van der Waals surface area contributed by atoms with Gasteiger partial charge in [-0.2, -0.15) is 0 Å². The van der Waals surface area contributed by atoms with Gasteiger partial charge in [-0.25, -0.2) is 0 Å². The van der Waals surface area contributed by atoms with Crippen molar-refractivity contribution in [3.63, 3.8) is 0 Å². The van der Waals surface area contributed by atoms with E-state index >= 15 is 0 Å². The normalized spacial score (nSPS) is 38.2. The first-order valence-electron chi connectivity index (χ1n) is 6.47. The molecule has 2 aliphatic rings. The van der Waals surface area contributed by atoms with Gasteiger partial charge in [-0.05, 0) is 12.3 Å². The van der Waals surface area contributed by atoms with Gasteiger partial charge in [0.25, 0.3) is 0 Å². The van der Waals surface area contributed by atoms with Gasteiger partial charge in [-0.15, -0.1) is 0 Å². The van der Waals surface area contributed by atoms with Crippen LogP contribution < -0.4 is 5.32 Å². The number of ether oxygens (including phenoxy) is 1. The topological polar surface area (TPSA) is 41.5 Å². The van der Waals surface area contributed by atoms with Crippen molar-refractivity contribution < 1.29 is 9.84 Å². The molecule has 1 heterocycles. The van der Waals surface area contributed by atoms with Crippen molar-refractivity contribution in [2.24, 2.45) is 17.3 Å². The molecule has 94 valence electrons. The number of aliphatic hydroxyl groups excluding tert-OH is 1. The van der Waals surface area contributed by atoms with Crippen molar-refractivity contribution in [1.29, 1.82) is 0 Å². The molecule has 16 heavy (non-hydrogen) atoms. The molecule has 3 nitrogen and oxygen atoms in total. The number of fused-ring (bicyclic) bond motifs is 1. The van der Waals surface area contributed by atoms with Gasteiger partial charge < -0.3 is 15.2 Å². The molecular formula is C13H25NO2. The summed E-state index contributed by atoms with van der Waals surface area (Å²) in [6.07, 6.45) is 1.60. The van der Waals surface area contributed by atoms with E-state index < -0.39 is 0 Å². The molecule has 2 rings (SSSR count). The first-order chi connectivity index (χ1) is 7.48. The molecule has 4 atom stereocenters. The Balaban J connectivity index is 1.99. The van der Waals surface area contributed by atoms with Gasteiger partial charge in [0.2, 0.25) is 0 Å². The Morgan fingerprint density at radius 1 is 1.44 bits per heavy atom. The van der Waals surface area contributed by atoms with E-state index in [1.165, 1.54) is 6.42 Å². The van der Waals surface area contributed by atoms with E-state index in [0.717, 1.165) is 6.61 Å². The monoisotopic (exact) mass is 227 g/mol. The van der Waals surface area contributed by atoms with Gasteiger partial charge in [0, 0.05) is 30.0 Å². The molecule has 3 heteroatoms. The fourth-order valence-electron chi connectivity index (χ4n) is 3.35. The minimum absolute atomic E-state index is 0.212. The Morgan fingerprint density at radius 3 is 2.69 bits per heavy atom. The first-order valence-corrected chi connectivity index (χ1v) is 6.47. The van der Waals surface area contributed by atoms with Crippen LogP contribution in [-0.2, 0) is 4.74 Å². The van der Waals surface area contributed by atoms with Crippen LogP contribution in [0.4, 0.5) is 0 Å². The van der Waals surface area contributed by atoms with E-state index in [9.17, 15) is 5.11 Å². The number of hydrogen-bond acceptors (Lipinski definition) is 3. The van der Waals surface area contributed by atoms with Crippen molar-refractivity contribution in [3.8, 4) is 0 Å².